The molecule has 110 valence electrons. The van der Waals surface area contributed by atoms with Crippen molar-refractivity contribution in [1.29, 1.82) is 0 Å². The maximum Gasteiger partial charge on any atom is 0.0742 e. The van der Waals surface area contributed by atoms with Crippen LogP contribution in [0.5, 0.6) is 0 Å². The molecule has 0 bridgehead atoms. The van der Waals surface area contributed by atoms with Crippen molar-refractivity contribution < 1.29 is 0 Å². The molecule has 0 aliphatic carbocycles. The van der Waals surface area contributed by atoms with E-state index in [2.05, 4.69) is 77.9 Å². The van der Waals surface area contributed by atoms with Gasteiger partial charge in [0.05, 0.1) is 7.57 Å². The first-order valence-electron chi connectivity index (χ1n) is 6.78. The molecule has 0 atom stereocenters. The zero-order valence-corrected chi connectivity index (χ0v) is 16.6. The first-order chi connectivity index (χ1) is 8.59. The van der Waals surface area contributed by atoms with Gasteiger partial charge in [0.25, 0.3) is 0 Å². The first kappa shape index (κ1) is 17.7. The van der Waals surface area contributed by atoms with Gasteiger partial charge in [-0.2, -0.15) is 0 Å². The summed E-state index contributed by atoms with van der Waals surface area (Å²) in [5.41, 5.74) is 2.03. The summed E-state index contributed by atoms with van der Waals surface area (Å²) >= 11 is 8.95. The second-order valence-electron chi connectivity index (χ2n) is 6.94. The third-order valence-electron chi connectivity index (χ3n) is 3.26. The molecule has 4 heteroatoms. The molecule has 0 saturated heterocycles. The second-order valence-corrected chi connectivity index (χ2v) is 10.7. The van der Waals surface area contributed by atoms with Gasteiger partial charge in [-0.05, 0) is 95.5 Å². The summed E-state index contributed by atoms with van der Waals surface area (Å²) in [6.45, 7) is 12.5. The van der Waals surface area contributed by atoms with Crippen LogP contribution in [-0.4, -0.2) is 12.1 Å². The quantitative estimate of drug-likeness (QED) is 0.605. The van der Waals surface area contributed by atoms with Crippen molar-refractivity contribution in [3.05, 3.63) is 19.2 Å². The highest BCUT2D eigenvalue weighted by Gasteiger charge is 2.20. The molecule has 0 unspecified atom stereocenters. The van der Waals surface area contributed by atoms with Crippen LogP contribution in [0.25, 0.3) is 0 Å². The zero-order chi connectivity index (χ0) is 14.7. The summed E-state index contributed by atoms with van der Waals surface area (Å²) in [5.74, 6) is 0. The van der Waals surface area contributed by atoms with Crippen LogP contribution in [0.15, 0.2) is 13.6 Å². The van der Waals surface area contributed by atoms with Crippen LogP contribution in [0, 0.1) is 5.41 Å². The highest BCUT2D eigenvalue weighted by atomic mass is 79.9. The lowest BCUT2D eigenvalue weighted by Crippen LogP contribution is -2.38. The molecular formula is C15H25Br2NS. The largest absolute Gasteiger partial charge is 0.312 e. The predicted octanol–water partition coefficient (Wildman–Crippen LogP) is 6.01. The lowest BCUT2D eigenvalue weighted by atomic mass is 9.83. The van der Waals surface area contributed by atoms with E-state index in [0.717, 1.165) is 13.0 Å². The maximum atomic E-state index is 3.64. The second kappa shape index (κ2) is 7.06. The Morgan fingerprint density at radius 3 is 2.21 bits per heavy atom. The Hall–Kier alpha value is 0.620. The van der Waals surface area contributed by atoms with Gasteiger partial charge in [-0.1, -0.05) is 13.8 Å². The van der Waals surface area contributed by atoms with Crippen LogP contribution in [0.1, 0.15) is 53.0 Å². The molecule has 0 aliphatic heterocycles. The topological polar surface area (TPSA) is 12.0 Å². The number of hydrogen-bond donors (Lipinski definition) is 1. The fourth-order valence-electron chi connectivity index (χ4n) is 1.92. The molecule has 19 heavy (non-hydrogen) atoms. The molecule has 0 saturated carbocycles. The van der Waals surface area contributed by atoms with Crippen molar-refractivity contribution in [2.24, 2.45) is 5.41 Å². The Labute approximate surface area is 138 Å². The van der Waals surface area contributed by atoms with Gasteiger partial charge < -0.3 is 5.32 Å². The van der Waals surface area contributed by atoms with E-state index in [0.29, 0.717) is 5.41 Å². The fraction of sp³-hybridized carbons (Fsp3) is 0.733. The molecule has 1 aromatic rings. The molecule has 1 nitrogen and oxygen atoms in total. The van der Waals surface area contributed by atoms with Gasteiger partial charge in [-0.15, -0.1) is 11.3 Å². The van der Waals surface area contributed by atoms with Gasteiger partial charge >= 0.3 is 0 Å². The van der Waals surface area contributed by atoms with Crippen molar-refractivity contribution >= 4 is 43.2 Å². The monoisotopic (exact) mass is 409 g/mol. The number of nitrogens with one attached hydrogen (secondary N) is 1. The molecule has 0 amide bonds. The van der Waals surface area contributed by atoms with E-state index in [9.17, 15) is 0 Å². The van der Waals surface area contributed by atoms with Crippen LogP contribution < -0.4 is 5.32 Å². The Bertz CT molecular complexity index is 405. The van der Waals surface area contributed by atoms with Gasteiger partial charge in [0, 0.05) is 5.54 Å². The van der Waals surface area contributed by atoms with Gasteiger partial charge in [0.15, 0.2) is 0 Å². The van der Waals surface area contributed by atoms with Crippen molar-refractivity contribution in [3.63, 3.8) is 0 Å². The summed E-state index contributed by atoms with van der Waals surface area (Å²) < 4.78 is 2.48. The molecule has 0 fully saturated rings. The normalized spacial score (nSPS) is 13.0. The number of rotatable bonds is 6. The molecular weight excluding hydrogens is 386 g/mol. The molecule has 0 spiro atoms. The summed E-state index contributed by atoms with van der Waals surface area (Å²) in [6, 6.07) is 2.23. The lowest BCUT2D eigenvalue weighted by Gasteiger charge is -2.28. The Morgan fingerprint density at radius 1 is 1.11 bits per heavy atom. The number of halogens is 2. The standard InChI is InChI=1S/C15H25Br2NS/c1-14(2,3)18-9-8-15(4,5)7-6-11-10-12(16)19-13(11)17/h10,18H,6-9H2,1-5H3. The minimum absolute atomic E-state index is 0.220. The van der Waals surface area contributed by atoms with Crippen molar-refractivity contribution in [2.75, 3.05) is 6.54 Å². The molecule has 0 aliphatic rings. The van der Waals surface area contributed by atoms with Gasteiger partial charge in [0.2, 0.25) is 0 Å². The van der Waals surface area contributed by atoms with E-state index in [1.54, 1.807) is 11.3 Å². The first-order valence-corrected chi connectivity index (χ1v) is 9.18. The van der Waals surface area contributed by atoms with E-state index in [-0.39, 0.29) is 5.54 Å². The van der Waals surface area contributed by atoms with Gasteiger partial charge in [-0.25, -0.2) is 0 Å². The maximum absolute atomic E-state index is 3.64. The average Bonchev–Trinajstić information content (AvgIpc) is 2.52. The SMILES string of the molecule is CC(C)(CCNC(C)(C)C)CCc1cc(Br)sc1Br. The average molecular weight is 411 g/mol. The smallest absolute Gasteiger partial charge is 0.0742 e. The molecule has 1 heterocycles. The molecule has 0 aromatic carbocycles. The Morgan fingerprint density at radius 2 is 1.74 bits per heavy atom. The Balaban J connectivity index is 2.40. The van der Waals surface area contributed by atoms with Crippen LogP contribution in [0.3, 0.4) is 0 Å². The molecule has 1 N–H and O–H groups in total. The van der Waals surface area contributed by atoms with Crippen LogP contribution in [-0.2, 0) is 6.42 Å². The van der Waals surface area contributed by atoms with Crippen molar-refractivity contribution in [1.82, 2.24) is 5.32 Å². The fourth-order valence-corrected chi connectivity index (χ4v) is 4.83. The van der Waals surface area contributed by atoms with Crippen LogP contribution in [0.4, 0.5) is 0 Å². The number of thiophene rings is 1. The number of hydrogen-bond acceptors (Lipinski definition) is 2. The van der Waals surface area contributed by atoms with Gasteiger partial charge in [0.1, 0.15) is 0 Å². The third-order valence-corrected chi connectivity index (χ3v) is 5.72. The highest BCUT2D eigenvalue weighted by molar-refractivity contribution is 9.12. The third kappa shape index (κ3) is 7.26. The summed E-state index contributed by atoms with van der Waals surface area (Å²) in [4.78, 5) is 0. The highest BCUT2D eigenvalue weighted by Crippen LogP contribution is 2.35. The summed E-state index contributed by atoms with van der Waals surface area (Å²) in [7, 11) is 0. The van der Waals surface area contributed by atoms with Crippen molar-refractivity contribution in [3.8, 4) is 0 Å². The molecule has 1 aromatic heterocycles. The van der Waals surface area contributed by atoms with E-state index in [1.807, 2.05) is 0 Å². The Kier molecular flexibility index (Phi) is 6.56. The van der Waals surface area contributed by atoms with Crippen molar-refractivity contribution in [2.45, 2.75) is 59.4 Å². The molecule has 0 radical (unpaired) electrons. The van der Waals surface area contributed by atoms with Crippen LogP contribution in [0.2, 0.25) is 0 Å². The van der Waals surface area contributed by atoms with E-state index >= 15 is 0 Å². The summed E-state index contributed by atoms with van der Waals surface area (Å²) in [6.07, 6.45) is 3.58. The minimum atomic E-state index is 0.220. The lowest BCUT2D eigenvalue weighted by molar-refractivity contribution is 0.284. The predicted molar refractivity (Wildman–Crippen MR) is 94.2 cm³/mol. The van der Waals surface area contributed by atoms with Gasteiger partial charge in [-0.3, -0.25) is 0 Å². The zero-order valence-electron chi connectivity index (χ0n) is 12.6. The van der Waals surface area contributed by atoms with E-state index < -0.39 is 0 Å². The van der Waals surface area contributed by atoms with E-state index in [1.165, 1.54) is 26.0 Å². The summed E-state index contributed by atoms with van der Waals surface area (Å²) in [5, 5.41) is 3.58. The molecule has 1 rings (SSSR count). The minimum Gasteiger partial charge on any atom is -0.312 e. The van der Waals surface area contributed by atoms with E-state index in [4.69, 9.17) is 0 Å². The van der Waals surface area contributed by atoms with Crippen LogP contribution >= 0.6 is 43.2 Å². The number of aryl methyl sites for hydroxylation is 1.